The summed E-state index contributed by atoms with van der Waals surface area (Å²) >= 11 is 1.64. The second kappa shape index (κ2) is 9.31. The number of nitrogens with one attached hydrogen (secondary N) is 1. The summed E-state index contributed by atoms with van der Waals surface area (Å²) in [5, 5.41) is 8.80. The summed E-state index contributed by atoms with van der Waals surface area (Å²) in [6, 6.07) is 10.5. The van der Waals surface area contributed by atoms with Gasteiger partial charge in [0.15, 0.2) is 0 Å². The zero-order valence-corrected chi connectivity index (χ0v) is 19.0. The highest BCUT2D eigenvalue weighted by Gasteiger charge is 2.29. The number of hydrogen-bond donors (Lipinski definition) is 1. The maximum Gasteiger partial charge on any atom is 0.261 e. The maximum absolute atomic E-state index is 13.1. The molecular formula is C24H32N4OS. The van der Waals surface area contributed by atoms with Crippen LogP contribution in [0.5, 0.6) is 0 Å². The molecule has 1 amide bonds. The highest BCUT2D eigenvalue weighted by Crippen LogP contribution is 2.43. The Bertz CT molecular complexity index is 998. The molecule has 160 valence electrons. The number of amides is 1. The van der Waals surface area contributed by atoms with Crippen LogP contribution in [0, 0.1) is 12.8 Å². The first kappa shape index (κ1) is 21.1. The van der Waals surface area contributed by atoms with Gasteiger partial charge in [-0.05, 0) is 81.6 Å². The second-order valence-corrected chi connectivity index (χ2v) is 9.85. The first-order valence-corrected chi connectivity index (χ1v) is 11.8. The summed E-state index contributed by atoms with van der Waals surface area (Å²) in [4.78, 5) is 16.3. The van der Waals surface area contributed by atoms with Crippen molar-refractivity contribution in [2.75, 3.05) is 27.2 Å². The molecule has 6 heteroatoms. The summed E-state index contributed by atoms with van der Waals surface area (Å²) in [7, 11) is 4.32. The number of hydrogen-bond acceptors (Lipinski definition) is 4. The number of carbonyl (C=O) groups is 1. The van der Waals surface area contributed by atoms with Crippen LogP contribution in [-0.4, -0.2) is 47.8 Å². The van der Waals surface area contributed by atoms with Gasteiger partial charge in [-0.15, -0.1) is 11.3 Å². The van der Waals surface area contributed by atoms with Crippen molar-refractivity contribution in [2.45, 2.75) is 45.1 Å². The molecular weight excluding hydrogens is 392 g/mol. The van der Waals surface area contributed by atoms with Crippen molar-refractivity contribution < 1.29 is 4.79 Å². The minimum atomic E-state index is 0.0606. The van der Waals surface area contributed by atoms with E-state index in [0.717, 1.165) is 23.0 Å². The summed E-state index contributed by atoms with van der Waals surface area (Å²) in [6.45, 7) is 4.42. The van der Waals surface area contributed by atoms with E-state index in [0.29, 0.717) is 19.0 Å². The van der Waals surface area contributed by atoms with Crippen molar-refractivity contribution in [1.82, 2.24) is 20.0 Å². The van der Waals surface area contributed by atoms with Gasteiger partial charge >= 0.3 is 0 Å². The maximum atomic E-state index is 13.1. The van der Waals surface area contributed by atoms with Crippen molar-refractivity contribution >= 4 is 27.3 Å². The van der Waals surface area contributed by atoms with Gasteiger partial charge in [-0.3, -0.25) is 9.48 Å². The number of nitrogens with zero attached hydrogens (tertiary/aromatic N) is 3. The Balaban J connectivity index is 1.49. The Kier molecular flexibility index (Phi) is 6.54. The van der Waals surface area contributed by atoms with E-state index in [1.807, 2.05) is 23.9 Å². The molecule has 0 bridgehead atoms. The predicted molar refractivity (Wildman–Crippen MR) is 124 cm³/mol. The van der Waals surface area contributed by atoms with Crippen LogP contribution in [-0.2, 0) is 6.54 Å². The van der Waals surface area contributed by atoms with Crippen LogP contribution >= 0.6 is 11.3 Å². The number of aromatic nitrogens is 2. The second-order valence-electron chi connectivity index (χ2n) is 8.80. The highest BCUT2D eigenvalue weighted by atomic mass is 32.1. The molecule has 0 radical (unpaired) electrons. The first-order valence-electron chi connectivity index (χ1n) is 11.0. The molecule has 1 saturated carbocycles. The van der Waals surface area contributed by atoms with Crippen LogP contribution in [0.3, 0.4) is 0 Å². The standard InChI is InChI=1S/C24H32N4OS/c1-17-12-14-28(26-17)15-13-25-24(29)23-22(20-6-4-5-7-21(20)30-23)19-10-8-18(9-11-19)16-27(2)3/h4-7,12,14,18-19H,8-11,13,15-16H2,1-3H3,(H,25,29). The molecule has 1 aliphatic carbocycles. The molecule has 30 heavy (non-hydrogen) atoms. The summed E-state index contributed by atoms with van der Waals surface area (Å²) in [5.74, 6) is 1.32. The minimum absolute atomic E-state index is 0.0606. The normalized spacial score (nSPS) is 19.5. The summed E-state index contributed by atoms with van der Waals surface area (Å²) in [6.07, 6.45) is 6.79. The van der Waals surface area contributed by atoms with Gasteiger partial charge in [-0.1, -0.05) is 18.2 Å². The lowest BCUT2D eigenvalue weighted by Crippen LogP contribution is -2.28. The largest absolute Gasteiger partial charge is 0.349 e. The molecule has 1 fully saturated rings. The highest BCUT2D eigenvalue weighted by molar-refractivity contribution is 7.21. The van der Waals surface area contributed by atoms with Crippen LogP contribution in [0.15, 0.2) is 36.5 Å². The number of thiophene rings is 1. The number of fused-ring (bicyclic) bond motifs is 1. The average Bonchev–Trinajstić information content (AvgIpc) is 3.31. The number of aryl methyl sites for hydroxylation is 1. The van der Waals surface area contributed by atoms with E-state index in [1.54, 1.807) is 11.3 Å². The Morgan fingerprint density at radius 1 is 1.20 bits per heavy atom. The van der Waals surface area contributed by atoms with E-state index in [1.165, 1.54) is 41.3 Å². The lowest BCUT2D eigenvalue weighted by atomic mass is 9.77. The summed E-state index contributed by atoms with van der Waals surface area (Å²) in [5.41, 5.74) is 2.28. The van der Waals surface area contributed by atoms with E-state index in [4.69, 9.17) is 0 Å². The fourth-order valence-electron chi connectivity index (χ4n) is 4.74. The molecule has 2 aromatic heterocycles. The summed E-state index contributed by atoms with van der Waals surface area (Å²) < 4.78 is 3.10. The third-order valence-corrected chi connectivity index (χ3v) is 7.30. The van der Waals surface area contributed by atoms with E-state index >= 15 is 0 Å². The molecule has 5 nitrogen and oxygen atoms in total. The monoisotopic (exact) mass is 424 g/mol. The van der Waals surface area contributed by atoms with Gasteiger partial charge in [0.1, 0.15) is 0 Å². The Labute approximate surface area is 183 Å². The van der Waals surface area contributed by atoms with Crippen molar-refractivity contribution in [2.24, 2.45) is 5.92 Å². The zero-order chi connectivity index (χ0) is 21.1. The topological polar surface area (TPSA) is 50.2 Å². The molecule has 0 unspecified atom stereocenters. The third-order valence-electron chi connectivity index (χ3n) is 6.12. The van der Waals surface area contributed by atoms with Gasteiger partial charge in [0.25, 0.3) is 5.91 Å². The van der Waals surface area contributed by atoms with Crippen LogP contribution in [0.1, 0.15) is 52.5 Å². The molecule has 1 N–H and O–H groups in total. The van der Waals surface area contributed by atoms with Gasteiger partial charge in [0, 0.05) is 24.0 Å². The molecule has 0 spiro atoms. The van der Waals surface area contributed by atoms with Crippen LogP contribution in [0.25, 0.3) is 10.1 Å². The Morgan fingerprint density at radius 3 is 2.67 bits per heavy atom. The average molecular weight is 425 g/mol. The van der Waals surface area contributed by atoms with Crippen molar-refractivity contribution in [1.29, 1.82) is 0 Å². The SMILES string of the molecule is Cc1ccn(CCNC(=O)c2sc3ccccc3c2C2CCC(CN(C)C)CC2)n1. The zero-order valence-electron chi connectivity index (χ0n) is 18.2. The van der Waals surface area contributed by atoms with Gasteiger partial charge in [0.05, 0.1) is 17.1 Å². The van der Waals surface area contributed by atoms with Gasteiger partial charge in [0.2, 0.25) is 0 Å². The van der Waals surface area contributed by atoms with E-state index in [9.17, 15) is 4.79 Å². The number of benzene rings is 1. The van der Waals surface area contributed by atoms with Gasteiger partial charge in [-0.2, -0.15) is 5.10 Å². The molecule has 1 aliphatic rings. The molecule has 4 rings (SSSR count). The van der Waals surface area contributed by atoms with Crippen molar-refractivity contribution in [3.63, 3.8) is 0 Å². The number of carbonyl (C=O) groups excluding carboxylic acids is 1. The molecule has 1 aromatic carbocycles. The fraction of sp³-hybridized carbons (Fsp3) is 0.500. The molecule has 0 atom stereocenters. The fourth-order valence-corrected chi connectivity index (χ4v) is 5.95. The van der Waals surface area contributed by atoms with Crippen LogP contribution in [0.2, 0.25) is 0 Å². The molecule has 0 aliphatic heterocycles. The van der Waals surface area contributed by atoms with Gasteiger partial charge < -0.3 is 10.2 Å². The van der Waals surface area contributed by atoms with E-state index < -0.39 is 0 Å². The van der Waals surface area contributed by atoms with Gasteiger partial charge in [-0.25, -0.2) is 0 Å². The lowest BCUT2D eigenvalue weighted by Gasteiger charge is -2.30. The van der Waals surface area contributed by atoms with E-state index in [-0.39, 0.29) is 5.91 Å². The smallest absolute Gasteiger partial charge is 0.261 e. The lowest BCUT2D eigenvalue weighted by molar-refractivity contribution is 0.0954. The molecule has 3 aromatic rings. The number of rotatable bonds is 7. The predicted octanol–water partition coefficient (Wildman–Crippen LogP) is 4.67. The third kappa shape index (κ3) is 4.76. The van der Waals surface area contributed by atoms with Crippen molar-refractivity contribution in [3.8, 4) is 0 Å². The van der Waals surface area contributed by atoms with Crippen LogP contribution < -0.4 is 5.32 Å². The Hall–Kier alpha value is -2.18. The Morgan fingerprint density at radius 2 is 1.97 bits per heavy atom. The van der Waals surface area contributed by atoms with E-state index in [2.05, 4.69) is 53.7 Å². The first-order chi connectivity index (χ1) is 14.5. The molecule has 2 heterocycles. The van der Waals surface area contributed by atoms with Crippen LogP contribution in [0.4, 0.5) is 0 Å². The quantitative estimate of drug-likeness (QED) is 0.600. The minimum Gasteiger partial charge on any atom is -0.349 e. The molecule has 0 saturated heterocycles. The van der Waals surface area contributed by atoms with Crippen molar-refractivity contribution in [3.05, 3.63) is 52.7 Å².